The second-order valence-corrected chi connectivity index (χ2v) is 6.56. The lowest BCUT2D eigenvalue weighted by Gasteiger charge is -2.10. The summed E-state index contributed by atoms with van der Waals surface area (Å²) in [6.45, 7) is 4.04. The maximum atomic E-state index is 11.5. The van der Waals surface area contributed by atoms with Crippen molar-refractivity contribution in [2.75, 3.05) is 6.61 Å². The van der Waals surface area contributed by atoms with E-state index in [1.807, 2.05) is 25.1 Å². The van der Waals surface area contributed by atoms with Crippen LogP contribution in [-0.2, 0) is 9.53 Å². The van der Waals surface area contributed by atoms with Gasteiger partial charge in [0.2, 0.25) is 0 Å². The van der Waals surface area contributed by atoms with Gasteiger partial charge in [0, 0.05) is 24.1 Å². The molecule has 6 heteroatoms. The smallest absolute Gasteiger partial charge is 0.336 e. The number of cyclic esters (lactones) is 1. The number of benzene rings is 1. The molecular weight excluding hydrogens is 348 g/mol. The second-order valence-electron chi connectivity index (χ2n) is 6.56. The molecule has 2 aromatic heterocycles. The van der Waals surface area contributed by atoms with E-state index >= 15 is 0 Å². The van der Waals surface area contributed by atoms with Crippen LogP contribution in [0.3, 0.4) is 0 Å². The molecule has 1 aromatic carbocycles. The predicted molar refractivity (Wildman–Crippen MR) is 99.8 cm³/mol. The predicted octanol–water partition coefficient (Wildman–Crippen LogP) is 4.13. The number of rotatable bonds is 5. The van der Waals surface area contributed by atoms with Gasteiger partial charge in [-0.3, -0.25) is 0 Å². The Morgan fingerprint density at radius 3 is 2.78 bits per heavy atom. The van der Waals surface area contributed by atoms with Gasteiger partial charge in [-0.2, -0.15) is 0 Å². The van der Waals surface area contributed by atoms with Gasteiger partial charge in [0.15, 0.2) is 0 Å². The molecule has 1 aliphatic heterocycles. The van der Waals surface area contributed by atoms with Crippen molar-refractivity contribution >= 4 is 27.9 Å². The maximum Gasteiger partial charge on any atom is 0.336 e. The standard InChI is InChI=1S/C21H18O6/c1-12(9-14-10-13(2)21(23)26-14)5-7-25-20-15-3-4-19(22)27-18(15)11-17-16(20)6-8-24-17/h3-6,8,10-11,14H,7,9H2,1-2H3. The molecule has 0 aliphatic carbocycles. The highest BCUT2D eigenvalue weighted by atomic mass is 16.5. The zero-order valence-corrected chi connectivity index (χ0v) is 15.0. The van der Waals surface area contributed by atoms with Crippen LogP contribution in [0.5, 0.6) is 5.75 Å². The van der Waals surface area contributed by atoms with Gasteiger partial charge in [-0.1, -0.05) is 5.57 Å². The Kier molecular flexibility index (Phi) is 4.32. The zero-order valence-electron chi connectivity index (χ0n) is 15.0. The van der Waals surface area contributed by atoms with E-state index in [4.69, 9.17) is 18.3 Å². The molecule has 0 N–H and O–H groups in total. The lowest BCUT2D eigenvalue weighted by molar-refractivity contribution is -0.139. The second kappa shape index (κ2) is 6.79. The number of fused-ring (bicyclic) bond motifs is 2. The molecule has 0 saturated heterocycles. The van der Waals surface area contributed by atoms with E-state index in [1.54, 1.807) is 25.3 Å². The van der Waals surface area contributed by atoms with Gasteiger partial charge < -0.3 is 18.3 Å². The van der Waals surface area contributed by atoms with E-state index < -0.39 is 5.63 Å². The quantitative estimate of drug-likeness (QED) is 0.384. The third-order valence-electron chi connectivity index (χ3n) is 4.51. The van der Waals surface area contributed by atoms with Gasteiger partial charge in [0.05, 0.1) is 17.0 Å². The molecule has 0 radical (unpaired) electrons. The van der Waals surface area contributed by atoms with E-state index in [0.717, 1.165) is 11.0 Å². The molecule has 4 rings (SSSR count). The van der Waals surface area contributed by atoms with Crippen molar-refractivity contribution in [3.05, 3.63) is 64.2 Å². The molecule has 138 valence electrons. The molecule has 3 heterocycles. The average molecular weight is 366 g/mol. The molecule has 1 unspecified atom stereocenters. The maximum absolute atomic E-state index is 11.5. The highest BCUT2D eigenvalue weighted by Crippen LogP contribution is 2.35. The van der Waals surface area contributed by atoms with Crippen molar-refractivity contribution in [1.82, 2.24) is 0 Å². The van der Waals surface area contributed by atoms with Crippen molar-refractivity contribution < 1.29 is 23.1 Å². The lowest BCUT2D eigenvalue weighted by Crippen LogP contribution is -2.08. The van der Waals surface area contributed by atoms with Crippen LogP contribution in [-0.4, -0.2) is 18.7 Å². The topological polar surface area (TPSA) is 78.9 Å². The fourth-order valence-electron chi connectivity index (χ4n) is 3.15. The van der Waals surface area contributed by atoms with Crippen molar-refractivity contribution in [3.63, 3.8) is 0 Å². The molecular formula is C21H18O6. The molecule has 1 aliphatic rings. The third-order valence-corrected chi connectivity index (χ3v) is 4.51. The van der Waals surface area contributed by atoms with Crippen LogP contribution in [0, 0.1) is 0 Å². The summed E-state index contributed by atoms with van der Waals surface area (Å²) in [4.78, 5) is 22.9. The minimum absolute atomic E-state index is 0.221. The van der Waals surface area contributed by atoms with Crippen molar-refractivity contribution in [2.24, 2.45) is 0 Å². The Morgan fingerprint density at radius 1 is 1.19 bits per heavy atom. The van der Waals surface area contributed by atoms with Gasteiger partial charge >= 0.3 is 11.6 Å². The molecule has 3 aromatic rings. The van der Waals surface area contributed by atoms with Gasteiger partial charge in [-0.05, 0) is 38.1 Å². The molecule has 0 spiro atoms. The van der Waals surface area contributed by atoms with Crippen LogP contribution < -0.4 is 10.4 Å². The van der Waals surface area contributed by atoms with Crippen LogP contribution in [0.25, 0.3) is 21.9 Å². The van der Waals surface area contributed by atoms with E-state index in [1.165, 1.54) is 6.07 Å². The minimum Gasteiger partial charge on any atom is -0.488 e. The molecule has 0 saturated carbocycles. The first-order valence-electron chi connectivity index (χ1n) is 8.63. The zero-order chi connectivity index (χ0) is 19.0. The van der Waals surface area contributed by atoms with Crippen LogP contribution in [0.1, 0.15) is 20.3 Å². The Labute approximate surface area is 154 Å². The number of hydrogen-bond acceptors (Lipinski definition) is 6. The van der Waals surface area contributed by atoms with Crippen LogP contribution >= 0.6 is 0 Å². The number of hydrogen-bond donors (Lipinski definition) is 0. The van der Waals surface area contributed by atoms with E-state index in [9.17, 15) is 9.59 Å². The SMILES string of the molecule is CC(=CCOc1c2ccoc2cc2oc(=O)ccc12)CC1C=C(C)C(=O)O1. The fourth-order valence-corrected chi connectivity index (χ4v) is 3.15. The highest BCUT2D eigenvalue weighted by molar-refractivity contribution is 6.01. The van der Waals surface area contributed by atoms with Crippen LogP contribution in [0.2, 0.25) is 0 Å². The van der Waals surface area contributed by atoms with Gasteiger partial charge in [-0.25, -0.2) is 9.59 Å². The Morgan fingerprint density at radius 2 is 2.00 bits per heavy atom. The summed E-state index contributed by atoms with van der Waals surface area (Å²) < 4.78 is 21.9. The van der Waals surface area contributed by atoms with Crippen molar-refractivity contribution in [1.29, 1.82) is 0 Å². The summed E-state index contributed by atoms with van der Waals surface area (Å²) >= 11 is 0. The van der Waals surface area contributed by atoms with E-state index in [2.05, 4.69) is 0 Å². The lowest BCUT2D eigenvalue weighted by atomic mass is 10.1. The summed E-state index contributed by atoms with van der Waals surface area (Å²) in [7, 11) is 0. The normalized spacial score (nSPS) is 17.4. The van der Waals surface area contributed by atoms with E-state index in [-0.39, 0.29) is 12.1 Å². The monoisotopic (exact) mass is 366 g/mol. The number of ether oxygens (including phenoxy) is 2. The van der Waals surface area contributed by atoms with E-state index in [0.29, 0.717) is 40.9 Å². The molecule has 6 nitrogen and oxygen atoms in total. The molecule has 1 atom stereocenters. The number of carbonyl (C=O) groups is 1. The first-order valence-corrected chi connectivity index (χ1v) is 8.63. The molecule has 0 amide bonds. The van der Waals surface area contributed by atoms with Crippen molar-refractivity contribution in [2.45, 2.75) is 26.4 Å². The molecule has 27 heavy (non-hydrogen) atoms. The number of carbonyl (C=O) groups excluding carboxylic acids is 1. The summed E-state index contributed by atoms with van der Waals surface area (Å²) in [5.74, 6) is 0.343. The summed E-state index contributed by atoms with van der Waals surface area (Å²) in [5, 5.41) is 1.52. The van der Waals surface area contributed by atoms with Crippen LogP contribution in [0.15, 0.2) is 67.5 Å². The summed E-state index contributed by atoms with van der Waals surface area (Å²) in [6, 6.07) is 6.55. The fraction of sp³-hybridized carbons (Fsp3) is 0.238. The first-order chi connectivity index (χ1) is 13.0. The summed E-state index contributed by atoms with van der Waals surface area (Å²) in [5.41, 5.74) is 2.27. The van der Waals surface area contributed by atoms with Crippen LogP contribution in [0.4, 0.5) is 0 Å². The molecule has 0 bridgehead atoms. The third kappa shape index (κ3) is 3.38. The number of esters is 1. The van der Waals surface area contributed by atoms with Gasteiger partial charge in [0.25, 0.3) is 0 Å². The van der Waals surface area contributed by atoms with Gasteiger partial charge in [-0.15, -0.1) is 0 Å². The summed E-state index contributed by atoms with van der Waals surface area (Å²) in [6.07, 6.45) is 5.75. The minimum atomic E-state index is -0.426. The Bertz CT molecular complexity index is 1140. The Balaban J connectivity index is 1.55. The van der Waals surface area contributed by atoms with Gasteiger partial charge in [0.1, 0.15) is 29.6 Å². The largest absolute Gasteiger partial charge is 0.488 e. The number of furan rings is 1. The molecule has 0 fully saturated rings. The first kappa shape index (κ1) is 17.1. The average Bonchev–Trinajstić information content (AvgIpc) is 3.20. The van der Waals surface area contributed by atoms with Crippen molar-refractivity contribution in [3.8, 4) is 5.75 Å². The Hall–Kier alpha value is -3.28. The highest BCUT2D eigenvalue weighted by Gasteiger charge is 2.22.